The van der Waals surface area contributed by atoms with Gasteiger partial charge >= 0.3 is 0 Å². The number of rotatable bonds is 3. The molecule has 4 heteroatoms. The molecule has 0 bridgehead atoms. The molecule has 1 amide bonds. The molecule has 2 aliphatic rings. The standard InChI is InChI=1S/C14H25NO3/c1-2-12-11-15(7-5-9-17-12)14(16)10-13-6-3-4-8-18-13/h12-13H,2-11H2,1H3. The van der Waals surface area contributed by atoms with Crippen molar-refractivity contribution >= 4 is 5.91 Å². The number of carbonyl (C=O) groups is 1. The quantitative estimate of drug-likeness (QED) is 0.774. The molecule has 0 spiro atoms. The number of hydrogen-bond acceptors (Lipinski definition) is 3. The molecule has 0 N–H and O–H groups in total. The maximum Gasteiger partial charge on any atom is 0.225 e. The van der Waals surface area contributed by atoms with Gasteiger partial charge < -0.3 is 14.4 Å². The normalized spacial score (nSPS) is 29.9. The molecule has 0 aromatic rings. The van der Waals surface area contributed by atoms with Gasteiger partial charge in [0, 0.05) is 26.3 Å². The lowest BCUT2D eigenvalue weighted by molar-refractivity contribution is -0.135. The summed E-state index contributed by atoms with van der Waals surface area (Å²) in [5.41, 5.74) is 0. The zero-order valence-corrected chi connectivity index (χ0v) is 11.4. The van der Waals surface area contributed by atoms with Gasteiger partial charge in [0.25, 0.3) is 0 Å². The fourth-order valence-electron chi connectivity index (χ4n) is 2.66. The molecule has 2 aliphatic heterocycles. The van der Waals surface area contributed by atoms with Gasteiger partial charge in [0.2, 0.25) is 5.91 Å². The maximum atomic E-state index is 12.3. The van der Waals surface area contributed by atoms with Crippen LogP contribution in [0.15, 0.2) is 0 Å². The first-order chi connectivity index (χ1) is 8.79. The van der Waals surface area contributed by atoms with E-state index in [4.69, 9.17) is 9.47 Å². The van der Waals surface area contributed by atoms with Crippen molar-refractivity contribution in [2.45, 2.75) is 57.7 Å². The Morgan fingerprint density at radius 3 is 2.67 bits per heavy atom. The second kappa shape index (κ2) is 7.10. The third-order valence-electron chi connectivity index (χ3n) is 3.83. The van der Waals surface area contributed by atoms with E-state index < -0.39 is 0 Å². The van der Waals surface area contributed by atoms with E-state index in [2.05, 4.69) is 6.92 Å². The molecule has 2 fully saturated rings. The Kier molecular flexibility index (Phi) is 5.45. The van der Waals surface area contributed by atoms with Crippen LogP contribution in [-0.4, -0.2) is 49.3 Å². The Labute approximate surface area is 110 Å². The van der Waals surface area contributed by atoms with E-state index in [0.717, 1.165) is 52.0 Å². The SMILES string of the molecule is CCC1CN(C(=O)CC2CCCCO2)CCCO1. The Bertz CT molecular complexity index is 264. The third kappa shape index (κ3) is 3.95. The zero-order chi connectivity index (χ0) is 12.8. The number of nitrogens with zero attached hydrogens (tertiary/aromatic N) is 1. The average molecular weight is 255 g/mol. The number of ether oxygens (including phenoxy) is 2. The van der Waals surface area contributed by atoms with Crippen molar-refractivity contribution in [1.29, 1.82) is 0 Å². The molecular formula is C14H25NO3. The van der Waals surface area contributed by atoms with Crippen molar-refractivity contribution < 1.29 is 14.3 Å². The largest absolute Gasteiger partial charge is 0.378 e. The molecule has 2 saturated heterocycles. The Balaban J connectivity index is 1.82. The van der Waals surface area contributed by atoms with Crippen LogP contribution in [-0.2, 0) is 14.3 Å². The van der Waals surface area contributed by atoms with Gasteiger partial charge in [0.15, 0.2) is 0 Å². The van der Waals surface area contributed by atoms with E-state index in [1.807, 2.05) is 4.90 Å². The summed E-state index contributed by atoms with van der Waals surface area (Å²) in [6, 6.07) is 0. The number of hydrogen-bond donors (Lipinski definition) is 0. The summed E-state index contributed by atoms with van der Waals surface area (Å²) in [6.45, 7) is 5.30. The molecule has 0 aromatic carbocycles. The molecule has 0 saturated carbocycles. The van der Waals surface area contributed by atoms with Gasteiger partial charge in [-0.25, -0.2) is 0 Å². The minimum Gasteiger partial charge on any atom is -0.378 e. The summed E-state index contributed by atoms with van der Waals surface area (Å²) in [5.74, 6) is 0.242. The summed E-state index contributed by atoms with van der Waals surface area (Å²) in [4.78, 5) is 14.2. The first kappa shape index (κ1) is 13.8. The van der Waals surface area contributed by atoms with Crippen LogP contribution in [0, 0.1) is 0 Å². The predicted octanol–water partition coefficient (Wildman–Crippen LogP) is 1.97. The van der Waals surface area contributed by atoms with Gasteiger partial charge in [0.05, 0.1) is 18.6 Å². The second-order valence-electron chi connectivity index (χ2n) is 5.29. The molecule has 2 heterocycles. The van der Waals surface area contributed by atoms with Crippen LogP contribution < -0.4 is 0 Å². The fourth-order valence-corrected chi connectivity index (χ4v) is 2.66. The fraction of sp³-hybridized carbons (Fsp3) is 0.929. The Morgan fingerprint density at radius 1 is 1.17 bits per heavy atom. The van der Waals surface area contributed by atoms with Crippen LogP contribution in [0.4, 0.5) is 0 Å². The molecule has 0 aliphatic carbocycles. The lowest BCUT2D eigenvalue weighted by atomic mass is 10.1. The van der Waals surface area contributed by atoms with E-state index in [0.29, 0.717) is 6.42 Å². The highest BCUT2D eigenvalue weighted by atomic mass is 16.5. The average Bonchev–Trinajstić information content (AvgIpc) is 2.65. The maximum absolute atomic E-state index is 12.3. The summed E-state index contributed by atoms with van der Waals surface area (Å²) < 4.78 is 11.3. The van der Waals surface area contributed by atoms with Crippen LogP contribution in [0.1, 0.15) is 45.4 Å². The van der Waals surface area contributed by atoms with Gasteiger partial charge in [-0.2, -0.15) is 0 Å². The summed E-state index contributed by atoms with van der Waals surface area (Å²) in [5, 5.41) is 0. The monoisotopic (exact) mass is 255 g/mol. The number of carbonyl (C=O) groups excluding carboxylic acids is 1. The molecule has 0 aromatic heterocycles. The van der Waals surface area contributed by atoms with E-state index in [9.17, 15) is 4.79 Å². The van der Waals surface area contributed by atoms with Gasteiger partial charge in [-0.1, -0.05) is 6.92 Å². The molecule has 4 nitrogen and oxygen atoms in total. The van der Waals surface area contributed by atoms with E-state index in [1.165, 1.54) is 6.42 Å². The molecule has 2 unspecified atom stereocenters. The van der Waals surface area contributed by atoms with Crippen LogP contribution in [0.2, 0.25) is 0 Å². The first-order valence-corrected chi connectivity index (χ1v) is 7.30. The van der Waals surface area contributed by atoms with Crippen molar-refractivity contribution in [3.63, 3.8) is 0 Å². The second-order valence-corrected chi connectivity index (χ2v) is 5.29. The smallest absolute Gasteiger partial charge is 0.225 e. The van der Waals surface area contributed by atoms with Crippen LogP contribution in [0.5, 0.6) is 0 Å². The highest BCUT2D eigenvalue weighted by molar-refractivity contribution is 5.76. The van der Waals surface area contributed by atoms with Crippen LogP contribution in [0.3, 0.4) is 0 Å². The van der Waals surface area contributed by atoms with Crippen molar-refractivity contribution in [2.24, 2.45) is 0 Å². The lowest BCUT2D eigenvalue weighted by Gasteiger charge is -2.27. The topological polar surface area (TPSA) is 38.8 Å². The molecule has 0 radical (unpaired) electrons. The molecule has 2 rings (SSSR count). The van der Waals surface area contributed by atoms with Crippen LogP contribution in [0.25, 0.3) is 0 Å². The highest BCUT2D eigenvalue weighted by Gasteiger charge is 2.25. The van der Waals surface area contributed by atoms with Gasteiger partial charge in [0.1, 0.15) is 0 Å². The van der Waals surface area contributed by atoms with Crippen molar-refractivity contribution in [1.82, 2.24) is 4.90 Å². The minimum absolute atomic E-state index is 0.149. The van der Waals surface area contributed by atoms with Gasteiger partial charge in [-0.05, 0) is 32.1 Å². The third-order valence-corrected chi connectivity index (χ3v) is 3.83. The van der Waals surface area contributed by atoms with Crippen LogP contribution >= 0.6 is 0 Å². The first-order valence-electron chi connectivity index (χ1n) is 7.30. The van der Waals surface area contributed by atoms with E-state index >= 15 is 0 Å². The number of amides is 1. The zero-order valence-electron chi connectivity index (χ0n) is 11.4. The summed E-state index contributed by atoms with van der Waals surface area (Å²) >= 11 is 0. The Morgan fingerprint density at radius 2 is 1.94 bits per heavy atom. The van der Waals surface area contributed by atoms with Gasteiger partial charge in [-0.3, -0.25) is 4.79 Å². The minimum atomic E-state index is 0.149. The highest BCUT2D eigenvalue weighted by Crippen LogP contribution is 2.18. The van der Waals surface area contributed by atoms with E-state index in [1.54, 1.807) is 0 Å². The lowest BCUT2D eigenvalue weighted by Crippen LogP contribution is -2.39. The van der Waals surface area contributed by atoms with Gasteiger partial charge in [-0.15, -0.1) is 0 Å². The van der Waals surface area contributed by atoms with E-state index in [-0.39, 0.29) is 18.1 Å². The predicted molar refractivity (Wildman–Crippen MR) is 69.4 cm³/mol. The molecule has 2 atom stereocenters. The van der Waals surface area contributed by atoms with Crippen molar-refractivity contribution in [3.8, 4) is 0 Å². The summed E-state index contributed by atoms with van der Waals surface area (Å²) in [7, 11) is 0. The molecular weight excluding hydrogens is 230 g/mol. The molecule has 104 valence electrons. The van der Waals surface area contributed by atoms with Crippen molar-refractivity contribution in [3.05, 3.63) is 0 Å². The summed E-state index contributed by atoms with van der Waals surface area (Å²) in [6.07, 6.45) is 6.21. The Hall–Kier alpha value is -0.610. The molecule has 18 heavy (non-hydrogen) atoms. The van der Waals surface area contributed by atoms with Crippen molar-refractivity contribution in [2.75, 3.05) is 26.3 Å².